The molecule has 1 saturated heterocycles. The van der Waals surface area contributed by atoms with Gasteiger partial charge in [-0.1, -0.05) is 77.9 Å². The molecule has 4 amide bonds. The molecule has 166 valence electrons. The maximum absolute atomic E-state index is 13.9. The Balaban J connectivity index is 1.50. The minimum absolute atomic E-state index is 0.271. The molecule has 0 aromatic heterocycles. The van der Waals surface area contributed by atoms with Crippen LogP contribution in [0.25, 0.3) is 0 Å². The van der Waals surface area contributed by atoms with Gasteiger partial charge < -0.3 is 10.2 Å². The second-order valence-electron chi connectivity index (χ2n) is 8.73. The lowest BCUT2D eigenvalue weighted by atomic mass is 9.82. The summed E-state index contributed by atoms with van der Waals surface area (Å²) in [5.41, 5.74) is 3.99. The first kappa shape index (κ1) is 20.9. The topological polar surface area (TPSA) is 69.7 Å². The first-order valence-electron chi connectivity index (χ1n) is 11.1. The van der Waals surface area contributed by atoms with Gasteiger partial charge in [0.15, 0.2) is 5.54 Å². The molecular formula is C27H25N3O3. The van der Waals surface area contributed by atoms with Gasteiger partial charge in [0.05, 0.1) is 0 Å². The van der Waals surface area contributed by atoms with Gasteiger partial charge in [0, 0.05) is 12.2 Å². The smallest absolute Gasteiger partial charge is 0.315 e. The molecule has 33 heavy (non-hydrogen) atoms. The molecule has 0 bridgehead atoms. The summed E-state index contributed by atoms with van der Waals surface area (Å²) in [7, 11) is 0. The Morgan fingerprint density at radius 3 is 2.06 bits per heavy atom. The molecule has 1 N–H and O–H groups in total. The molecule has 0 radical (unpaired) electrons. The number of hydrogen-bond donors (Lipinski definition) is 1. The highest BCUT2D eigenvalue weighted by atomic mass is 16.2. The lowest BCUT2D eigenvalue weighted by Gasteiger charge is -2.28. The number of anilines is 1. The molecule has 0 aliphatic carbocycles. The monoisotopic (exact) mass is 439 g/mol. The molecule has 0 spiro atoms. The second-order valence-corrected chi connectivity index (χ2v) is 8.73. The van der Waals surface area contributed by atoms with Crippen molar-refractivity contribution in [3.63, 3.8) is 0 Å². The van der Waals surface area contributed by atoms with Gasteiger partial charge in [-0.3, -0.25) is 14.5 Å². The van der Waals surface area contributed by atoms with Crippen molar-refractivity contribution in [2.45, 2.75) is 25.8 Å². The fourth-order valence-corrected chi connectivity index (χ4v) is 4.70. The van der Waals surface area contributed by atoms with E-state index in [1.54, 1.807) is 4.90 Å². The van der Waals surface area contributed by atoms with Crippen LogP contribution in [-0.2, 0) is 21.5 Å². The number of fused-ring (bicyclic) bond motifs is 1. The van der Waals surface area contributed by atoms with Gasteiger partial charge in [0.25, 0.3) is 5.91 Å². The number of urea groups is 1. The van der Waals surface area contributed by atoms with Gasteiger partial charge in [-0.25, -0.2) is 4.79 Å². The van der Waals surface area contributed by atoms with Crippen LogP contribution in [0, 0.1) is 13.8 Å². The first-order chi connectivity index (χ1) is 15.9. The Hall–Kier alpha value is -3.93. The number of hydrogen-bond acceptors (Lipinski definition) is 3. The van der Waals surface area contributed by atoms with Crippen LogP contribution in [0.3, 0.4) is 0 Å². The zero-order valence-corrected chi connectivity index (χ0v) is 18.7. The lowest BCUT2D eigenvalue weighted by molar-refractivity contribution is -0.133. The van der Waals surface area contributed by atoms with Crippen molar-refractivity contribution in [2.75, 3.05) is 18.0 Å². The van der Waals surface area contributed by atoms with E-state index in [1.165, 1.54) is 0 Å². The van der Waals surface area contributed by atoms with Gasteiger partial charge in [-0.05, 0) is 43.0 Å². The van der Waals surface area contributed by atoms with E-state index >= 15 is 0 Å². The van der Waals surface area contributed by atoms with E-state index in [-0.39, 0.29) is 12.5 Å². The van der Waals surface area contributed by atoms with Crippen LogP contribution in [-0.4, -0.2) is 35.8 Å². The molecule has 2 aliphatic heterocycles. The third-order valence-corrected chi connectivity index (χ3v) is 6.56. The number of nitrogens with one attached hydrogen (secondary N) is 1. The Bertz CT molecular complexity index is 1200. The van der Waals surface area contributed by atoms with Crippen molar-refractivity contribution < 1.29 is 14.4 Å². The molecule has 2 aliphatic rings. The number of nitrogens with zero attached hydrogens (tertiary/aromatic N) is 2. The third-order valence-electron chi connectivity index (χ3n) is 6.56. The zero-order chi connectivity index (χ0) is 23.2. The summed E-state index contributed by atoms with van der Waals surface area (Å²) in [6.07, 6.45) is 0.763. The van der Waals surface area contributed by atoms with Crippen LogP contribution in [0.5, 0.6) is 0 Å². The molecule has 0 atom stereocenters. The molecule has 2 heterocycles. The van der Waals surface area contributed by atoms with Gasteiger partial charge in [-0.2, -0.15) is 0 Å². The molecule has 6 heteroatoms. The minimum Gasteiger partial charge on any atom is -0.315 e. The zero-order valence-electron chi connectivity index (χ0n) is 18.7. The quantitative estimate of drug-likeness (QED) is 0.631. The van der Waals surface area contributed by atoms with Crippen LogP contribution in [0.2, 0.25) is 0 Å². The number of imide groups is 1. The average molecular weight is 440 g/mol. The van der Waals surface area contributed by atoms with Gasteiger partial charge in [0.2, 0.25) is 5.91 Å². The normalized spacial score (nSPS) is 16.7. The number of amides is 4. The molecule has 0 unspecified atom stereocenters. The Morgan fingerprint density at radius 1 is 0.879 bits per heavy atom. The SMILES string of the molecule is Cc1ccc(C2(c3ccc(C)cc3)NC(=O)N(CC(=O)N3CCc4ccccc43)C2=O)cc1. The number of aryl methyl sites for hydroxylation is 2. The summed E-state index contributed by atoms with van der Waals surface area (Å²) in [5.74, 6) is -0.715. The summed E-state index contributed by atoms with van der Waals surface area (Å²) in [4.78, 5) is 42.9. The van der Waals surface area contributed by atoms with E-state index < -0.39 is 17.5 Å². The number of carbonyl (C=O) groups is 3. The molecule has 0 saturated carbocycles. The van der Waals surface area contributed by atoms with Gasteiger partial charge >= 0.3 is 6.03 Å². The summed E-state index contributed by atoms with van der Waals surface area (Å²) >= 11 is 0. The van der Waals surface area contributed by atoms with Crippen LogP contribution < -0.4 is 10.2 Å². The maximum Gasteiger partial charge on any atom is 0.326 e. The molecular weight excluding hydrogens is 414 g/mol. The molecule has 6 nitrogen and oxygen atoms in total. The van der Waals surface area contributed by atoms with E-state index in [0.717, 1.165) is 33.7 Å². The van der Waals surface area contributed by atoms with E-state index in [2.05, 4.69) is 5.32 Å². The number of para-hydroxylation sites is 1. The highest BCUT2D eigenvalue weighted by molar-refractivity contribution is 6.12. The van der Waals surface area contributed by atoms with E-state index in [0.29, 0.717) is 17.7 Å². The van der Waals surface area contributed by atoms with Gasteiger partial charge in [0.1, 0.15) is 6.54 Å². The largest absolute Gasteiger partial charge is 0.326 e. The minimum atomic E-state index is -1.37. The highest BCUT2D eigenvalue weighted by Gasteiger charge is 2.54. The van der Waals surface area contributed by atoms with E-state index in [4.69, 9.17) is 0 Å². The maximum atomic E-state index is 13.9. The average Bonchev–Trinajstić information content (AvgIpc) is 3.35. The standard InChI is InChI=1S/C27H25N3O3/c1-18-7-11-21(12-8-18)27(22-13-9-19(2)10-14-22)25(32)30(26(33)28-27)17-24(31)29-16-15-20-5-3-4-6-23(20)29/h3-14H,15-17H2,1-2H3,(H,28,33). The van der Waals surface area contributed by atoms with Crippen molar-refractivity contribution in [1.82, 2.24) is 10.2 Å². The van der Waals surface area contributed by atoms with Crippen LogP contribution in [0.15, 0.2) is 72.8 Å². The molecule has 3 aromatic rings. The number of carbonyl (C=O) groups excluding carboxylic acids is 3. The van der Waals surface area contributed by atoms with Crippen molar-refractivity contribution in [3.05, 3.63) is 101 Å². The van der Waals surface area contributed by atoms with Crippen molar-refractivity contribution in [1.29, 1.82) is 0 Å². The predicted octanol–water partition coefficient (Wildman–Crippen LogP) is 3.69. The molecule has 1 fully saturated rings. The first-order valence-corrected chi connectivity index (χ1v) is 11.1. The summed E-state index contributed by atoms with van der Waals surface area (Å²) in [6.45, 7) is 4.17. The fourth-order valence-electron chi connectivity index (χ4n) is 4.70. The fraction of sp³-hybridized carbons (Fsp3) is 0.222. The molecule has 3 aromatic carbocycles. The van der Waals surface area contributed by atoms with Crippen molar-refractivity contribution in [3.8, 4) is 0 Å². The van der Waals surface area contributed by atoms with Crippen LogP contribution >= 0.6 is 0 Å². The Labute approximate surface area is 192 Å². The summed E-state index contributed by atoms with van der Waals surface area (Å²) in [6, 6.07) is 22.3. The third kappa shape index (κ3) is 3.39. The lowest BCUT2D eigenvalue weighted by Crippen LogP contribution is -2.46. The second kappa shape index (κ2) is 7.89. The summed E-state index contributed by atoms with van der Waals surface area (Å²) < 4.78 is 0. The predicted molar refractivity (Wildman–Crippen MR) is 126 cm³/mol. The van der Waals surface area contributed by atoms with Gasteiger partial charge in [-0.15, -0.1) is 0 Å². The Morgan fingerprint density at radius 2 is 1.45 bits per heavy atom. The Kier molecular flexibility index (Phi) is 5.01. The highest BCUT2D eigenvalue weighted by Crippen LogP contribution is 2.37. The number of benzene rings is 3. The van der Waals surface area contributed by atoms with Crippen LogP contribution in [0.1, 0.15) is 27.8 Å². The molecule has 5 rings (SSSR count). The summed E-state index contributed by atoms with van der Waals surface area (Å²) in [5, 5.41) is 2.92. The van der Waals surface area contributed by atoms with E-state index in [1.807, 2.05) is 86.6 Å². The van der Waals surface area contributed by atoms with E-state index in [9.17, 15) is 14.4 Å². The van der Waals surface area contributed by atoms with Crippen molar-refractivity contribution >= 4 is 23.5 Å². The number of rotatable bonds is 4. The van der Waals surface area contributed by atoms with Crippen molar-refractivity contribution in [2.24, 2.45) is 0 Å². The van der Waals surface area contributed by atoms with Crippen LogP contribution in [0.4, 0.5) is 10.5 Å².